The highest BCUT2D eigenvalue weighted by Gasteiger charge is 2.04. The maximum atomic E-state index is 5.78. The zero-order chi connectivity index (χ0) is 12.3. The van der Waals surface area contributed by atoms with Crippen LogP contribution in [0.3, 0.4) is 0 Å². The van der Waals surface area contributed by atoms with Crippen LogP contribution in [-0.2, 0) is 0 Å². The van der Waals surface area contributed by atoms with E-state index < -0.39 is 0 Å². The molecule has 0 spiro atoms. The molecule has 0 saturated heterocycles. The number of rotatable bonds is 3. The van der Waals surface area contributed by atoms with Gasteiger partial charge in [-0.15, -0.1) is 0 Å². The summed E-state index contributed by atoms with van der Waals surface area (Å²) < 4.78 is 5.32. The fourth-order valence-corrected chi connectivity index (χ4v) is 1.54. The molecule has 1 heterocycles. The molecular weight excluding hydrogens is 214 g/mol. The van der Waals surface area contributed by atoms with E-state index in [0.717, 1.165) is 22.5 Å². The zero-order valence-corrected chi connectivity index (χ0v) is 9.97. The first-order valence-corrected chi connectivity index (χ1v) is 5.52. The van der Waals surface area contributed by atoms with Crippen molar-refractivity contribution < 1.29 is 4.74 Å². The summed E-state index contributed by atoms with van der Waals surface area (Å²) in [6.45, 7) is 4.47. The SMILES string of the molecule is CCOc1cncc(-c2ccc(N)c(C)c2)n1. The van der Waals surface area contributed by atoms with Gasteiger partial charge in [-0.1, -0.05) is 6.07 Å². The van der Waals surface area contributed by atoms with Crippen LogP contribution < -0.4 is 10.5 Å². The molecule has 17 heavy (non-hydrogen) atoms. The van der Waals surface area contributed by atoms with Gasteiger partial charge in [0.2, 0.25) is 5.88 Å². The first-order chi connectivity index (χ1) is 8.20. The van der Waals surface area contributed by atoms with Crippen molar-refractivity contribution in [3.05, 3.63) is 36.2 Å². The van der Waals surface area contributed by atoms with E-state index in [0.29, 0.717) is 12.5 Å². The summed E-state index contributed by atoms with van der Waals surface area (Å²) in [4.78, 5) is 8.49. The van der Waals surface area contributed by atoms with E-state index in [9.17, 15) is 0 Å². The van der Waals surface area contributed by atoms with Gasteiger partial charge in [0.15, 0.2) is 0 Å². The zero-order valence-electron chi connectivity index (χ0n) is 9.97. The van der Waals surface area contributed by atoms with E-state index in [1.54, 1.807) is 12.4 Å². The molecule has 2 aromatic rings. The topological polar surface area (TPSA) is 61.0 Å². The molecule has 0 aliphatic carbocycles. The van der Waals surface area contributed by atoms with Crippen LogP contribution in [-0.4, -0.2) is 16.6 Å². The molecule has 4 nitrogen and oxygen atoms in total. The fourth-order valence-electron chi connectivity index (χ4n) is 1.54. The highest BCUT2D eigenvalue weighted by molar-refractivity contribution is 5.64. The predicted octanol–water partition coefficient (Wildman–Crippen LogP) is 2.43. The third-order valence-corrected chi connectivity index (χ3v) is 2.47. The van der Waals surface area contributed by atoms with Gasteiger partial charge in [-0.05, 0) is 31.5 Å². The molecule has 4 heteroatoms. The average Bonchev–Trinajstić information content (AvgIpc) is 2.33. The van der Waals surface area contributed by atoms with Gasteiger partial charge in [-0.3, -0.25) is 4.98 Å². The Morgan fingerprint density at radius 1 is 1.29 bits per heavy atom. The number of hydrogen-bond donors (Lipinski definition) is 1. The maximum Gasteiger partial charge on any atom is 0.232 e. The van der Waals surface area contributed by atoms with Crippen molar-refractivity contribution in [3.63, 3.8) is 0 Å². The van der Waals surface area contributed by atoms with Crippen molar-refractivity contribution in [2.45, 2.75) is 13.8 Å². The second kappa shape index (κ2) is 4.82. The van der Waals surface area contributed by atoms with Crippen LogP contribution in [0, 0.1) is 6.92 Å². The van der Waals surface area contributed by atoms with Crippen molar-refractivity contribution in [2.24, 2.45) is 0 Å². The van der Waals surface area contributed by atoms with E-state index in [2.05, 4.69) is 9.97 Å². The van der Waals surface area contributed by atoms with Crippen LogP contribution in [0.4, 0.5) is 5.69 Å². The van der Waals surface area contributed by atoms with E-state index in [1.165, 1.54) is 0 Å². The van der Waals surface area contributed by atoms with E-state index in [4.69, 9.17) is 10.5 Å². The van der Waals surface area contributed by atoms with Crippen molar-refractivity contribution >= 4 is 5.69 Å². The predicted molar refractivity (Wildman–Crippen MR) is 67.8 cm³/mol. The molecule has 0 unspecified atom stereocenters. The quantitative estimate of drug-likeness (QED) is 0.821. The number of benzene rings is 1. The van der Waals surface area contributed by atoms with Gasteiger partial charge in [0.25, 0.3) is 0 Å². The lowest BCUT2D eigenvalue weighted by Crippen LogP contribution is -1.97. The van der Waals surface area contributed by atoms with Crippen LogP contribution in [0.15, 0.2) is 30.6 Å². The summed E-state index contributed by atoms with van der Waals surface area (Å²) in [6.07, 6.45) is 3.32. The molecule has 0 saturated carbocycles. The Bertz CT molecular complexity index is 526. The number of hydrogen-bond acceptors (Lipinski definition) is 4. The summed E-state index contributed by atoms with van der Waals surface area (Å²) in [5.41, 5.74) is 9.38. The number of nitrogen functional groups attached to an aromatic ring is 1. The molecule has 0 bridgehead atoms. The van der Waals surface area contributed by atoms with Crippen LogP contribution >= 0.6 is 0 Å². The lowest BCUT2D eigenvalue weighted by atomic mass is 10.1. The van der Waals surface area contributed by atoms with E-state index in [1.807, 2.05) is 32.0 Å². The monoisotopic (exact) mass is 229 g/mol. The van der Waals surface area contributed by atoms with Crippen molar-refractivity contribution in [1.82, 2.24) is 9.97 Å². The largest absolute Gasteiger partial charge is 0.477 e. The van der Waals surface area contributed by atoms with Gasteiger partial charge in [-0.25, -0.2) is 4.98 Å². The minimum atomic E-state index is 0.541. The Morgan fingerprint density at radius 2 is 2.12 bits per heavy atom. The first-order valence-electron chi connectivity index (χ1n) is 5.52. The standard InChI is InChI=1S/C13H15N3O/c1-3-17-13-8-15-7-12(16-13)10-4-5-11(14)9(2)6-10/h4-8H,3,14H2,1-2H3. The summed E-state index contributed by atoms with van der Waals surface area (Å²) >= 11 is 0. The van der Waals surface area contributed by atoms with Crippen LogP contribution in [0.25, 0.3) is 11.3 Å². The van der Waals surface area contributed by atoms with Gasteiger partial charge in [0, 0.05) is 11.3 Å². The minimum Gasteiger partial charge on any atom is -0.477 e. The highest BCUT2D eigenvalue weighted by Crippen LogP contribution is 2.22. The summed E-state index contributed by atoms with van der Waals surface area (Å²) in [5, 5.41) is 0. The number of aromatic nitrogens is 2. The molecule has 88 valence electrons. The van der Waals surface area contributed by atoms with E-state index in [-0.39, 0.29) is 0 Å². The first kappa shape index (κ1) is 11.4. The molecule has 0 aliphatic rings. The fraction of sp³-hybridized carbons (Fsp3) is 0.231. The molecule has 0 aliphatic heterocycles. The van der Waals surface area contributed by atoms with Gasteiger partial charge in [0.05, 0.1) is 24.7 Å². The molecule has 0 amide bonds. The van der Waals surface area contributed by atoms with Gasteiger partial charge < -0.3 is 10.5 Å². The number of aryl methyl sites for hydroxylation is 1. The molecule has 2 rings (SSSR count). The normalized spacial score (nSPS) is 10.2. The number of anilines is 1. The van der Waals surface area contributed by atoms with Crippen LogP contribution in [0.1, 0.15) is 12.5 Å². The lowest BCUT2D eigenvalue weighted by molar-refractivity contribution is 0.325. The minimum absolute atomic E-state index is 0.541. The third kappa shape index (κ3) is 2.53. The molecule has 1 aromatic carbocycles. The van der Waals surface area contributed by atoms with Crippen molar-refractivity contribution in [2.75, 3.05) is 12.3 Å². The third-order valence-electron chi connectivity index (χ3n) is 2.47. The molecule has 0 fully saturated rings. The Morgan fingerprint density at radius 3 is 2.82 bits per heavy atom. The van der Waals surface area contributed by atoms with Gasteiger partial charge >= 0.3 is 0 Å². The Labute approximate surface area is 100 Å². The molecule has 0 atom stereocenters. The van der Waals surface area contributed by atoms with Crippen molar-refractivity contribution in [1.29, 1.82) is 0 Å². The maximum absolute atomic E-state index is 5.78. The molecule has 2 N–H and O–H groups in total. The summed E-state index contributed by atoms with van der Waals surface area (Å²) in [7, 11) is 0. The average molecular weight is 229 g/mol. The number of ether oxygens (including phenoxy) is 1. The lowest BCUT2D eigenvalue weighted by Gasteiger charge is -2.06. The second-order valence-electron chi connectivity index (χ2n) is 3.75. The van der Waals surface area contributed by atoms with Crippen LogP contribution in [0.5, 0.6) is 5.88 Å². The number of nitrogens with zero attached hydrogens (tertiary/aromatic N) is 2. The highest BCUT2D eigenvalue weighted by atomic mass is 16.5. The van der Waals surface area contributed by atoms with E-state index >= 15 is 0 Å². The summed E-state index contributed by atoms with van der Waals surface area (Å²) in [6, 6.07) is 5.80. The second-order valence-corrected chi connectivity index (χ2v) is 3.75. The smallest absolute Gasteiger partial charge is 0.232 e. The van der Waals surface area contributed by atoms with Gasteiger partial charge in [0.1, 0.15) is 0 Å². The van der Waals surface area contributed by atoms with Crippen LogP contribution in [0.2, 0.25) is 0 Å². The molecule has 1 aromatic heterocycles. The Hall–Kier alpha value is -2.10. The van der Waals surface area contributed by atoms with Crippen molar-refractivity contribution in [3.8, 4) is 17.1 Å². The molecule has 0 radical (unpaired) electrons. The van der Waals surface area contributed by atoms with Gasteiger partial charge in [-0.2, -0.15) is 0 Å². The Kier molecular flexibility index (Phi) is 3.23. The Balaban J connectivity index is 2.38. The molecular formula is C13H15N3O. The summed E-state index contributed by atoms with van der Waals surface area (Å²) in [5.74, 6) is 0.541. The number of nitrogens with two attached hydrogens (primary N) is 1.